The molecule has 116 valence electrons. The van der Waals surface area contributed by atoms with Crippen molar-refractivity contribution in [2.45, 2.75) is 38.8 Å². The zero-order valence-corrected chi connectivity index (χ0v) is 13.6. The summed E-state index contributed by atoms with van der Waals surface area (Å²) in [6, 6.07) is 3.70. The van der Waals surface area contributed by atoms with Gasteiger partial charge in [-0.3, -0.25) is 0 Å². The monoisotopic (exact) mass is 359 g/mol. The number of ether oxygens (including phenoxy) is 1. The van der Waals surface area contributed by atoms with Crippen molar-refractivity contribution in [2.75, 3.05) is 0 Å². The molecule has 0 unspecified atom stereocenters. The standard InChI is InChI=1S/C14H18BrNO5/c1-14(2,3)21-13(20)16-10(12(18)19)7-8-5-4-6-9(15)11(8)17/h4-6,10,17H,7H2,1-3H3,(H,16,20)(H,18,19)/t10-/m1/s1. The summed E-state index contributed by atoms with van der Waals surface area (Å²) in [7, 11) is 0. The zero-order chi connectivity index (χ0) is 16.2. The van der Waals surface area contributed by atoms with Crippen LogP contribution in [0.3, 0.4) is 0 Å². The van der Waals surface area contributed by atoms with E-state index in [-0.39, 0.29) is 12.2 Å². The molecule has 21 heavy (non-hydrogen) atoms. The highest BCUT2D eigenvalue weighted by Crippen LogP contribution is 2.28. The first-order valence-corrected chi connectivity index (χ1v) is 7.08. The van der Waals surface area contributed by atoms with Crippen molar-refractivity contribution in [1.82, 2.24) is 5.32 Å². The first kappa shape index (κ1) is 17.3. The fourth-order valence-corrected chi connectivity index (χ4v) is 2.00. The van der Waals surface area contributed by atoms with Gasteiger partial charge in [0.25, 0.3) is 0 Å². The van der Waals surface area contributed by atoms with Gasteiger partial charge < -0.3 is 20.3 Å². The number of para-hydroxylation sites is 1. The average Bonchev–Trinajstić information content (AvgIpc) is 2.31. The van der Waals surface area contributed by atoms with E-state index in [4.69, 9.17) is 4.74 Å². The van der Waals surface area contributed by atoms with E-state index < -0.39 is 23.7 Å². The van der Waals surface area contributed by atoms with Gasteiger partial charge in [0.15, 0.2) is 0 Å². The lowest BCUT2D eigenvalue weighted by atomic mass is 10.1. The Morgan fingerprint density at radius 3 is 2.52 bits per heavy atom. The summed E-state index contributed by atoms with van der Waals surface area (Å²) in [5, 5.41) is 21.3. The topological polar surface area (TPSA) is 95.9 Å². The molecule has 0 bridgehead atoms. The fourth-order valence-electron chi connectivity index (χ4n) is 1.59. The van der Waals surface area contributed by atoms with Crippen LogP contribution in [0.4, 0.5) is 4.79 Å². The SMILES string of the molecule is CC(C)(C)OC(=O)N[C@H](Cc1cccc(Br)c1O)C(=O)O. The van der Waals surface area contributed by atoms with E-state index in [2.05, 4.69) is 21.2 Å². The zero-order valence-electron chi connectivity index (χ0n) is 12.0. The van der Waals surface area contributed by atoms with Crippen molar-refractivity contribution >= 4 is 28.0 Å². The van der Waals surface area contributed by atoms with E-state index in [9.17, 15) is 19.8 Å². The molecule has 0 saturated carbocycles. The lowest BCUT2D eigenvalue weighted by molar-refractivity contribution is -0.139. The first-order valence-electron chi connectivity index (χ1n) is 6.29. The number of carbonyl (C=O) groups is 2. The van der Waals surface area contributed by atoms with Crippen molar-refractivity contribution < 1.29 is 24.5 Å². The van der Waals surface area contributed by atoms with Crippen LogP contribution in [-0.4, -0.2) is 33.9 Å². The molecule has 1 aromatic rings. The molecule has 1 atom stereocenters. The largest absolute Gasteiger partial charge is 0.506 e. The minimum atomic E-state index is -1.21. The minimum absolute atomic E-state index is 0.0465. The summed E-state index contributed by atoms with van der Waals surface area (Å²) in [5.41, 5.74) is -0.307. The maximum absolute atomic E-state index is 11.6. The Balaban J connectivity index is 2.82. The third kappa shape index (κ3) is 5.63. The van der Waals surface area contributed by atoms with Crippen molar-refractivity contribution in [3.8, 4) is 5.75 Å². The molecule has 1 aromatic carbocycles. The van der Waals surface area contributed by atoms with E-state index in [1.807, 2.05) is 0 Å². The van der Waals surface area contributed by atoms with Gasteiger partial charge in [-0.15, -0.1) is 0 Å². The van der Waals surface area contributed by atoms with Gasteiger partial charge in [-0.2, -0.15) is 0 Å². The molecule has 0 aliphatic carbocycles. The molecule has 1 amide bonds. The molecule has 0 aliphatic rings. The van der Waals surface area contributed by atoms with Crippen molar-refractivity contribution in [1.29, 1.82) is 0 Å². The number of hydrogen-bond donors (Lipinski definition) is 3. The van der Waals surface area contributed by atoms with Crippen LogP contribution in [-0.2, 0) is 16.0 Å². The number of carbonyl (C=O) groups excluding carboxylic acids is 1. The molecule has 6 nitrogen and oxygen atoms in total. The molecular weight excluding hydrogens is 342 g/mol. The normalized spacial score (nSPS) is 12.6. The molecule has 0 fully saturated rings. The van der Waals surface area contributed by atoms with E-state index in [0.29, 0.717) is 10.0 Å². The Bertz CT molecular complexity index is 539. The maximum Gasteiger partial charge on any atom is 0.408 e. The van der Waals surface area contributed by atoms with Gasteiger partial charge in [0.2, 0.25) is 0 Å². The Labute approximate surface area is 131 Å². The summed E-state index contributed by atoms with van der Waals surface area (Å²) in [6.45, 7) is 5.05. The average molecular weight is 360 g/mol. The minimum Gasteiger partial charge on any atom is -0.506 e. The van der Waals surface area contributed by atoms with Crippen LogP contribution < -0.4 is 5.32 Å². The quantitative estimate of drug-likeness (QED) is 0.767. The van der Waals surface area contributed by atoms with Crippen LogP contribution in [0.5, 0.6) is 5.75 Å². The molecule has 7 heteroatoms. The summed E-state index contributed by atoms with van der Waals surface area (Å²) in [4.78, 5) is 22.9. The van der Waals surface area contributed by atoms with Gasteiger partial charge in [0.05, 0.1) is 4.47 Å². The second-order valence-electron chi connectivity index (χ2n) is 5.49. The van der Waals surface area contributed by atoms with Gasteiger partial charge in [0.1, 0.15) is 17.4 Å². The Morgan fingerprint density at radius 1 is 1.38 bits per heavy atom. The van der Waals surface area contributed by atoms with Gasteiger partial charge in [-0.1, -0.05) is 12.1 Å². The first-order chi connectivity index (χ1) is 9.60. The van der Waals surface area contributed by atoms with E-state index >= 15 is 0 Å². The number of alkyl carbamates (subject to hydrolysis) is 1. The van der Waals surface area contributed by atoms with Crippen LogP contribution in [0.2, 0.25) is 0 Å². The highest BCUT2D eigenvalue weighted by molar-refractivity contribution is 9.10. The Hall–Kier alpha value is -1.76. The van der Waals surface area contributed by atoms with Crippen LogP contribution in [0, 0.1) is 0 Å². The lowest BCUT2D eigenvalue weighted by Gasteiger charge is -2.22. The number of aromatic hydroxyl groups is 1. The second-order valence-corrected chi connectivity index (χ2v) is 6.34. The summed E-state index contributed by atoms with van der Waals surface area (Å²) >= 11 is 3.15. The smallest absolute Gasteiger partial charge is 0.408 e. The summed E-state index contributed by atoms with van der Waals surface area (Å²) in [6.07, 6.45) is -0.871. The predicted octanol–water partition coefficient (Wildman–Crippen LogP) is 2.68. The van der Waals surface area contributed by atoms with Gasteiger partial charge >= 0.3 is 12.1 Å². The van der Waals surface area contributed by atoms with Crippen LogP contribution >= 0.6 is 15.9 Å². The number of amides is 1. The molecule has 0 spiro atoms. The van der Waals surface area contributed by atoms with E-state index in [1.165, 1.54) is 0 Å². The summed E-state index contributed by atoms with van der Waals surface area (Å²) in [5.74, 6) is -1.25. The van der Waals surface area contributed by atoms with Crippen molar-refractivity contribution in [3.05, 3.63) is 28.2 Å². The number of hydrogen-bond acceptors (Lipinski definition) is 4. The molecule has 0 aromatic heterocycles. The van der Waals surface area contributed by atoms with Crippen LogP contribution in [0.1, 0.15) is 26.3 Å². The van der Waals surface area contributed by atoms with Gasteiger partial charge in [-0.25, -0.2) is 9.59 Å². The molecule has 1 rings (SSSR count). The van der Waals surface area contributed by atoms with E-state index in [1.54, 1.807) is 39.0 Å². The van der Waals surface area contributed by atoms with Crippen LogP contribution in [0.15, 0.2) is 22.7 Å². The summed E-state index contributed by atoms with van der Waals surface area (Å²) < 4.78 is 5.48. The molecule has 0 radical (unpaired) electrons. The molecule has 3 N–H and O–H groups in total. The lowest BCUT2D eigenvalue weighted by Crippen LogP contribution is -2.44. The molecule has 0 saturated heterocycles. The second kappa shape index (κ2) is 6.80. The molecule has 0 heterocycles. The van der Waals surface area contributed by atoms with Crippen molar-refractivity contribution in [2.24, 2.45) is 0 Å². The van der Waals surface area contributed by atoms with Crippen LogP contribution in [0.25, 0.3) is 0 Å². The number of phenols is 1. The predicted molar refractivity (Wildman–Crippen MR) is 80.3 cm³/mol. The molecular formula is C14H18BrNO5. The highest BCUT2D eigenvalue weighted by Gasteiger charge is 2.25. The Morgan fingerprint density at radius 2 is 2.00 bits per heavy atom. The number of benzene rings is 1. The van der Waals surface area contributed by atoms with Crippen molar-refractivity contribution in [3.63, 3.8) is 0 Å². The van der Waals surface area contributed by atoms with Gasteiger partial charge in [-0.05, 0) is 48.3 Å². The number of carboxylic acids is 1. The number of halogens is 1. The fraction of sp³-hybridized carbons (Fsp3) is 0.429. The van der Waals surface area contributed by atoms with E-state index in [0.717, 1.165) is 0 Å². The third-order valence-corrected chi connectivity index (χ3v) is 3.12. The number of nitrogens with one attached hydrogen (secondary N) is 1. The number of aliphatic carboxylic acids is 1. The number of phenolic OH excluding ortho intramolecular Hbond substituents is 1. The maximum atomic E-state index is 11.6. The molecule has 0 aliphatic heterocycles. The number of rotatable bonds is 4. The Kier molecular flexibility index (Phi) is 5.60. The highest BCUT2D eigenvalue weighted by atomic mass is 79.9. The third-order valence-electron chi connectivity index (χ3n) is 2.48. The van der Waals surface area contributed by atoms with Gasteiger partial charge in [0, 0.05) is 6.42 Å². The number of carboxylic acid groups (broad SMARTS) is 1.